The van der Waals surface area contributed by atoms with E-state index in [1.54, 1.807) is 6.26 Å². The van der Waals surface area contributed by atoms with Crippen LogP contribution in [0.1, 0.15) is 12.1 Å². The fraction of sp³-hybridized carbons (Fsp3) is 0.700. The topological polar surface area (TPSA) is 46.9 Å². The minimum atomic E-state index is -0.658. The van der Waals surface area contributed by atoms with Crippen LogP contribution in [0, 0.1) is 0 Å². The van der Waals surface area contributed by atoms with Gasteiger partial charge in [0.15, 0.2) is 0 Å². The zero-order chi connectivity index (χ0) is 11.1. The number of rotatable bonds is 7. The molecule has 0 bridgehead atoms. The molecule has 1 unspecified atom stereocenters. The van der Waals surface area contributed by atoms with Crippen molar-refractivity contribution in [3.8, 4) is 0 Å². The second-order valence-electron chi connectivity index (χ2n) is 3.58. The number of nitrogens with zero attached hydrogens (tertiary/aromatic N) is 2. The molecule has 0 amide bonds. The number of hydrogen-bond donors (Lipinski definition) is 1. The van der Waals surface area contributed by atoms with Gasteiger partial charge >= 0.3 is 0 Å². The third kappa shape index (κ3) is 5.09. The van der Waals surface area contributed by atoms with Crippen molar-refractivity contribution in [3.05, 3.63) is 18.0 Å². The highest BCUT2D eigenvalue weighted by molar-refractivity contribution is 7.84. The van der Waals surface area contributed by atoms with Crippen molar-refractivity contribution in [2.45, 2.75) is 12.8 Å². The fourth-order valence-electron chi connectivity index (χ4n) is 1.39. The molecule has 0 radical (unpaired) electrons. The predicted molar refractivity (Wildman–Crippen MR) is 63.3 cm³/mol. The van der Waals surface area contributed by atoms with E-state index in [9.17, 15) is 4.21 Å². The van der Waals surface area contributed by atoms with Gasteiger partial charge in [0.1, 0.15) is 0 Å². The standard InChI is InChI=1S/C10H19N3OS/c1-13-10(5-8-12-13)4-7-11-6-3-9-15(2)14/h5,8,11H,3-4,6-7,9H2,1-2H3. The van der Waals surface area contributed by atoms with Crippen LogP contribution < -0.4 is 5.32 Å². The first-order valence-electron chi connectivity index (χ1n) is 5.18. The van der Waals surface area contributed by atoms with Crippen molar-refractivity contribution >= 4 is 10.8 Å². The lowest BCUT2D eigenvalue weighted by molar-refractivity contribution is 0.634. The molecule has 1 aromatic rings. The van der Waals surface area contributed by atoms with Crippen LogP contribution >= 0.6 is 0 Å². The van der Waals surface area contributed by atoms with Crippen LogP contribution in [0.15, 0.2) is 12.3 Å². The largest absolute Gasteiger partial charge is 0.316 e. The summed E-state index contributed by atoms with van der Waals surface area (Å²) in [5.74, 6) is 0.790. The molecule has 15 heavy (non-hydrogen) atoms. The lowest BCUT2D eigenvalue weighted by atomic mass is 10.3. The van der Waals surface area contributed by atoms with E-state index < -0.39 is 10.8 Å². The zero-order valence-electron chi connectivity index (χ0n) is 9.40. The van der Waals surface area contributed by atoms with Crippen LogP contribution in [0.5, 0.6) is 0 Å². The van der Waals surface area contributed by atoms with Crippen LogP contribution in [-0.4, -0.2) is 39.1 Å². The van der Waals surface area contributed by atoms with E-state index >= 15 is 0 Å². The monoisotopic (exact) mass is 229 g/mol. The van der Waals surface area contributed by atoms with Crippen LogP contribution in [0.4, 0.5) is 0 Å². The molecule has 1 rings (SSSR count). The Bertz CT molecular complexity index is 311. The maximum atomic E-state index is 10.8. The summed E-state index contributed by atoms with van der Waals surface area (Å²) in [5.41, 5.74) is 1.24. The lowest BCUT2D eigenvalue weighted by Gasteiger charge is -2.04. The van der Waals surface area contributed by atoms with Gasteiger partial charge in [0.2, 0.25) is 0 Å². The first-order chi connectivity index (χ1) is 7.20. The van der Waals surface area contributed by atoms with Gasteiger partial charge in [-0.05, 0) is 19.0 Å². The van der Waals surface area contributed by atoms with Crippen LogP contribution in [-0.2, 0) is 24.3 Å². The molecule has 1 atom stereocenters. The van der Waals surface area contributed by atoms with E-state index in [1.165, 1.54) is 5.69 Å². The molecular weight excluding hydrogens is 210 g/mol. The minimum absolute atomic E-state index is 0.658. The maximum absolute atomic E-state index is 10.8. The Hall–Kier alpha value is -0.680. The molecule has 0 saturated heterocycles. The summed E-state index contributed by atoms with van der Waals surface area (Å²) in [6.45, 7) is 1.90. The van der Waals surface area contributed by atoms with Crippen molar-refractivity contribution in [2.24, 2.45) is 7.05 Å². The summed E-state index contributed by atoms with van der Waals surface area (Å²) in [4.78, 5) is 0. The van der Waals surface area contributed by atoms with Gasteiger partial charge in [-0.3, -0.25) is 8.89 Å². The normalized spacial score (nSPS) is 12.9. The minimum Gasteiger partial charge on any atom is -0.316 e. The molecule has 0 aliphatic carbocycles. The fourth-order valence-corrected chi connectivity index (χ4v) is 1.94. The molecule has 1 N–H and O–H groups in total. The van der Waals surface area contributed by atoms with Crippen molar-refractivity contribution < 1.29 is 4.21 Å². The Balaban J connectivity index is 2.03. The molecule has 0 spiro atoms. The van der Waals surface area contributed by atoms with E-state index in [0.717, 1.165) is 31.7 Å². The Kier molecular flexibility index (Phi) is 5.57. The van der Waals surface area contributed by atoms with Gasteiger partial charge in [0, 0.05) is 54.7 Å². The first-order valence-corrected chi connectivity index (χ1v) is 6.90. The van der Waals surface area contributed by atoms with Gasteiger partial charge in [0.05, 0.1) is 0 Å². The van der Waals surface area contributed by atoms with E-state index in [2.05, 4.69) is 10.4 Å². The van der Waals surface area contributed by atoms with Crippen molar-refractivity contribution in [3.63, 3.8) is 0 Å². The number of aryl methyl sites for hydroxylation is 1. The first kappa shape index (κ1) is 12.4. The van der Waals surface area contributed by atoms with E-state index in [4.69, 9.17) is 0 Å². The molecule has 1 aromatic heterocycles. The summed E-state index contributed by atoms with van der Waals surface area (Å²) in [6.07, 6.45) is 5.53. The average molecular weight is 229 g/mol. The summed E-state index contributed by atoms with van der Waals surface area (Å²) in [5, 5.41) is 7.43. The third-order valence-electron chi connectivity index (χ3n) is 2.27. The van der Waals surface area contributed by atoms with Gasteiger partial charge in [-0.2, -0.15) is 5.10 Å². The Morgan fingerprint density at radius 2 is 2.33 bits per heavy atom. The van der Waals surface area contributed by atoms with Gasteiger partial charge in [-0.25, -0.2) is 0 Å². The smallest absolute Gasteiger partial charge is 0.0492 e. The molecule has 5 heteroatoms. The van der Waals surface area contributed by atoms with E-state index in [1.807, 2.05) is 24.0 Å². The molecule has 1 heterocycles. The van der Waals surface area contributed by atoms with Gasteiger partial charge in [-0.15, -0.1) is 0 Å². The molecule has 0 aliphatic rings. The van der Waals surface area contributed by atoms with Gasteiger partial charge in [-0.1, -0.05) is 0 Å². The van der Waals surface area contributed by atoms with Crippen LogP contribution in [0.25, 0.3) is 0 Å². The van der Waals surface area contributed by atoms with Crippen LogP contribution in [0.3, 0.4) is 0 Å². The van der Waals surface area contributed by atoms with Crippen molar-refractivity contribution in [1.82, 2.24) is 15.1 Å². The second-order valence-corrected chi connectivity index (χ2v) is 5.13. The second kappa shape index (κ2) is 6.74. The predicted octanol–water partition coefficient (Wildman–Crippen LogP) is 0.321. The average Bonchev–Trinajstić information content (AvgIpc) is 2.57. The Morgan fingerprint density at radius 1 is 1.53 bits per heavy atom. The highest BCUT2D eigenvalue weighted by Gasteiger charge is 1.97. The quantitative estimate of drug-likeness (QED) is 0.685. The van der Waals surface area contributed by atoms with Gasteiger partial charge < -0.3 is 5.32 Å². The highest BCUT2D eigenvalue weighted by Crippen LogP contribution is 1.95. The zero-order valence-corrected chi connectivity index (χ0v) is 10.2. The molecule has 0 fully saturated rings. The Morgan fingerprint density at radius 3 is 2.93 bits per heavy atom. The number of hydrogen-bond acceptors (Lipinski definition) is 3. The molecular formula is C10H19N3OS. The molecule has 0 aromatic carbocycles. The number of nitrogens with one attached hydrogen (secondary N) is 1. The van der Waals surface area contributed by atoms with Crippen molar-refractivity contribution in [2.75, 3.05) is 25.1 Å². The summed E-state index contributed by atoms with van der Waals surface area (Å²) < 4.78 is 12.7. The van der Waals surface area contributed by atoms with Crippen molar-refractivity contribution in [1.29, 1.82) is 0 Å². The third-order valence-corrected chi connectivity index (χ3v) is 3.13. The maximum Gasteiger partial charge on any atom is 0.0492 e. The molecule has 4 nitrogen and oxygen atoms in total. The molecule has 86 valence electrons. The SMILES string of the molecule is Cn1nccc1CCNCCCS(C)=O. The lowest BCUT2D eigenvalue weighted by Crippen LogP contribution is -2.20. The Labute approximate surface area is 93.5 Å². The summed E-state index contributed by atoms with van der Waals surface area (Å²) in [7, 11) is 1.30. The van der Waals surface area contributed by atoms with Crippen LogP contribution in [0.2, 0.25) is 0 Å². The van der Waals surface area contributed by atoms with E-state index in [0.29, 0.717) is 0 Å². The van der Waals surface area contributed by atoms with Gasteiger partial charge in [0.25, 0.3) is 0 Å². The summed E-state index contributed by atoms with van der Waals surface area (Å²) >= 11 is 0. The molecule has 0 aliphatic heterocycles. The highest BCUT2D eigenvalue weighted by atomic mass is 32.2. The summed E-state index contributed by atoms with van der Waals surface area (Å²) in [6, 6.07) is 2.03. The molecule has 0 saturated carbocycles. The number of aromatic nitrogens is 2. The van der Waals surface area contributed by atoms with E-state index in [-0.39, 0.29) is 0 Å².